The summed E-state index contributed by atoms with van der Waals surface area (Å²) in [5.41, 5.74) is 3.01. The zero-order valence-corrected chi connectivity index (χ0v) is 14.5. The lowest BCUT2D eigenvalue weighted by molar-refractivity contribution is -0.116. The highest BCUT2D eigenvalue weighted by atomic mass is 16.5. The zero-order chi connectivity index (χ0) is 17.6. The normalized spacial score (nSPS) is 11.8. The molecule has 1 atom stereocenters. The van der Waals surface area contributed by atoms with E-state index in [9.17, 15) is 4.79 Å². The second kappa shape index (κ2) is 7.71. The number of methoxy groups -OCH3 is 1. The third kappa shape index (κ3) is 3.91. The molecule has 0 aliphatic carbocycles. The first-order chi connectivity index (χ1) is 12.2. The van der Waals surface area contributed by atoms with Crippen LogP contribution in [0.15, 0.2) is 73.1 Å². The topological polar surface area (TPSA) is 43.3 Å². The first kappa shape index (κ1) is 16.8. The lowest BCUT2D eigenvalue weighted by Crippen LogP contribution is -2.20. The highest BCUT2D eigenvalue weighted by molar-refractivity contribution is 5.92. The van der Waals surface area contributed by atoms with Gasteiger partial charge in [-0.1, -0.05) is 36.4 Å². The molecule has 1 amide bonds. The predicted octanol–water partition coefficient (Wildman–Crippen LogP) is 4.42. The van der Waals surface area contributed by atoms with E-state index in [-0.39, 0.29) is 11.9 Å². The number of carbonyl (C=O) groups is 1. The fourth-order valence-corrected chi connectivity index (χ4v) is 3.02. The molecule has 0 aliphatic heterocycles. The minimum atomic E-state index is -0.0501. The third-order valence-corrected chi connectivity index (χ3v) is 4.29. The summed E-state index contributed by atoms with van der Waals surface area (Å²) in [6.45, 7) is 2.07. The van der Waals surface area contributed by atoms with Crippen molar-refractivity contribution in [2.24, 2.45) is 0 Å². The molecule has 4 heteroatoms. The fourth-order valence-electron chi connectivity index (χ4n) is 3.02. The summed E-state index contributed by atoms with van der Waals surface area (Å²) >= 11 is 0. The van der Waals surface area contributed by atoms with Crippen molar-refractivity contribution in [3.63, 3.8) is 0 Å². The lowest BCUT2D eigenvalue weighted by atomic mass is 9.98. The number of nitrogens with zero attached hydrogens (tertiary/aromatic N) is 1. The maximum absolute atomic E-state index is 12.7. The summed E-state index contributed by atoms with van der Waals surface area (Å²) < 4.78 is 7.38. The van der Waals surface area contributed by atoms with Crippen molar-refractivity contribution < 1.29 is 9.53 Å². The summed E-state index contributed by atoms with van der Waals surface area (Å²) in [7, 11) is 1.60. The number of nitrogens with one attached hydrogen (secondary N) is 1. The van der Waals surface area contributed by atoms with Crippen LogP contribution < -0.4 is 10.1 Å². The second-order valence-corrected chi connectivity index (χ2v) is 5.96. The monoisotopic (exact) mass is 334 g/mol. The van der Waals surface area contributed by atoms with Crippen LogP contribution in [0.4, 0.5) is 5.69 Å². The summed E-state index contributed by atoms with van der Waals surface area (Å²) in [6, 6.07) is 19.5. The molecule has 2 aromatic carbocycles. The number of anilines is 1. The number of hydrogen-bond donors (Lipinski definition) is 1. The van der Waals surface area contributed by atoms with E-state index >= 15 is 0 Å². The molecule has 1 heterocycles. The Morgan fingerprint density at radius 2 is 1.72 bits per heavy atom. The molecule has 0 radical (unpaired) electrons. The van der Waals surface area contributed by atoms with E-state index in [1.807, 2.05) is 60.9 Å². The number of benzene rings is 2. The molecule has 0 fully saturated rings. The summed E-state index contributed by atoms with van der Waals surface area (Å²) in [6.07, 6.45) is 4.33. The van der Waals surface area contributed by atoms with Crippen LogP contribution in [0.5, 0.6) is 5.75 Å². The Kier molecular flexibility index (Phi) is 5.19. The summed E-state index contributed by atoms with van der Waals surface area (Å²) in [5.74, 6) is 0.607. The molecule has 128 valence electrons. The Hall–Kier alpha value is -3.01. The van der Waals surface area contributed by atoms with Crippen molar-refractivity contribution in [1.29, 1.82) is 0 Å². The van der Waals surface area contributed by atoms with E-state index < -0.39 is 0 Å². The molecule has 1 aromatic heterocycles. The highest BCUT2D eigenvalue weighted by Crippen LogP contribution is 2.27. The second-order valence-electron chi connectivity index (χ2n) is 5.96. The first-order valence-electron chi connectivity index (χ1n) is 8.30. The maximum atomic E-state index is 12.7. The standard InChI is InChI=1S/C21H22N2O2/c1-16-9-3-4-10-17(16)19(23-13-7-8-14-23)15-21(24)22-18-11-5-6-12-20(18)25-2/h3-14,19H,15H2,1-2H3,(H,22,24)/t19-/m1/s1. The molecule has 3 rings (SSSR count). The number of aromatic nitrogens is 1. The van der Waals surface area contributed by atoms with Gasteiger partial charge in [0.05, 0.1) is 25.3 Å². The van der Waals surface area contributed by atoms with Crippen LogP contribution in [0.2, 0.25) is 0 Å². The van der Waals surface area contributed by atoms with E-state index in [2.05, 4.69) is 28.9 Å². The zero-order valence-electron chi connectivity index (χ0n) is 14.5. The van der Waals surface area contributed by atoms with E-state index in [1.165, 1.54) is 5.56 Å². The molecule has 1 N–H and O–H groups in total. The number of hydrogen-bond acceptors (Lipinski definition) is 2. The van der Waals surface area contributed by atoms with Gasteiger partial charge in [-0.2, -0.15) is 0 Å². The van der Waals surface area contributed by atoms with Crippen LogP contribution in [-0.4, -0.2) is 17.6 Å². The molecule has 25 heavy (non-hydrogen) atoms. The molecule has 0 aliphatic rings. The number of rotatable bonds is 6. The van der Waals surface area contributed by atoms with Gasteiger partial charge in [-0.15, -0.1) is 0 Å². The molecule has 0 saturated heterocycles. The molecule has 0 bridgehead atoms. The van der Waals surface area contributed by atoms with Crippen LogP contribution in [0.3, 0.4) is 0 Å². The van der Waals surface area contributed by atoms with Crippen molar-refractivity contribution >= 4 is 11.6 Å². The van der Waals surface area contributed by atoms with Crippen LogP contribution in [-0.2, 0) is 4.79 Å². The largest absolute Gasteiger partial charge is 0.495 e. The molecule has 3 aromatic rings. The Balaban J connectivity index is 1.84. The summed E-state index contributed by atoms with van der Waals surface area (Å²) in [5, 5.41) is 2.97. The molecule has 0 unspecified atom stereocenters. The average molecular weight is 334 g/mol. The molecule has 0 spiro atoms. The average Bonchev–Trinajstić information content (AvgIpc) is 3.15. The number of aryl methyl sites for hydroxylation is 1. The van der Waals surface area contributed by atoms with Gasteiger partial charge in [0, 0.05) is 12.4 Å². The Morgan fingerprint density at radius 1 is 1.04 bits per heavy atom. The van der Waals surface area contributed by atoms with Gasteiger partial charge in [0.15, 0.2) is 0 Å². The van der Waals surface area contributed by atoms with Gasteiger partial charge in [-0.05, 0) is 42.3 Å². The lowest BCUT2D eigenvalue weighted by Gasteiger charge is -2.21. The van der Waals surface area contributed by atoms with Crippen LogP contribution >= 0.6 is 0 Å². The third-order valence-electron chi connectivity index (χ3n) is 4.29. The first-order valence-corrected chi connectivity index (χ1v) is 8.30. The number of amides is 1. The van der Waals surface area contributed by atoms with Gasteiger partial charge in [-0.25, -0.2) is 0 Å². The van der Waals surface area contributed by atoms with Gasteiger partial charge in [0.1, 0.15) is 5.75 Å². The molecule has 4 nitrogen and oxygen atoms in total. The number of para-hydroxylation sites is 2. The predicted molar refractivity (Wildman–Crippen MR) is 100.0 cm³/mol. The smallest absolute Gasteiger partial charge is 0.226 e. The Labute approximate surface area is 148 Å². The fraction of sp³-hybridized carbons (Fsp3) is 0.190. The molecular weight excluding hydrogens is 312 g/mol. The van der Waals surface area contributed by atoms with Gasteiger partial charge in [-0.3, -0.25) is 4.79 Å². The SMILES string of the molecule is COc1ccccc1NC(=O)C[C@H](c1ccccc1C)n1cccc1. The Bertz CT molecular complexity index is 841. The van der Waals surface area contributed by atoms with Crippen LogP contribution in [0.1, 0.15) is 23.6 Å². The van der Waals surface area contributed by atoms with Crippen LogP contribution in [0.25, 0.3) is 0 Å². The minimum absolute atomic E-state index is 0.0496. The van der Waals surface area contributed by atoms with Gasteiger partial charge in [0.2, 0.25) is 5.91 Å². The van der Waals surface area contributed by atoms with Gasteiger partial charge >= 0.3 is 0 Å². The number of ether oxygens (including phenoxy) is 1. The molecule has 0 saturated carbocycles. The van der Waals surface area contributed by atoms with Crippen molar-refractivity contribution in [2.45, 2.75) is 19.4 Å². The van der Waals surface area contributed by atoms with E-state index in [4.69, 9.17) is 4.74 Å². The minimum Gasteiger partial charge on any atom is -0.495 e. The summed E-state index contributed by atoms with van der Waals surface area (Å²) in [4.78, 5) is 12.7. The van der Waals surface area contributed by atoms with Crippen molar-refractivity contribution in [3.05, 3.63) is 84.2 Å². The Morgan fingerprint density at radius 3 is 2.44 bits per heavy atom. The van der Waals surface area contributed by atoms with E-state index in [1.54, 1.807) is 7.11 Å². The van der Waals surface area contributed by atoms with Crippen molar-refractivity contribution in [3.8, 4) is 5.75 Å². The number of carbonyl (C=O) groups excluding carboxylic acids is 1. The quantitative estimate of drug-likeness (QED) is 0.725. The van der Waals surface area contributed by atoms with E-state index in [0.717, 1.165) is 5.56 Å². The van der Waals surface area contributed by atoms with Gasteiger partial charge in [0.25, 0.3) is 0 Å². The molecular formula is C21H22N2O2. The maximum Gasteiger partial charge on any atom is 0.226 e. The van der Waals surface area contributed by atoms with E-state index in [0.29, 0.717) is 17.9 Å². The highest BCUT2D eigenvalue weighted by Gasteiger charge is 2.19. The van der Waals surface area contributed by atoms with Crippen LogP contribution in [0, 0.1) is 6.92 Å². The van der Waals surface area contributed by atoms with Crippen molar-refractivity contribution in [2.75, 3.05) is 12.4 Å². The van der Waals surface area contributed by atoms with Gasteiger partial charge < -0.3 is 14.6 Å². The van der Waals surface area contributed by atoms with Crippen molar-refractivity contribution in [1.82, 2.24) is 4.57 Å².